The second kappa shape index (κ2) is 17.6. The number of aryl methyl sites for hydroxylation is 2. The Morgan fingerprint density at radius 2 is 1.43 bits per heavy atom. The lowest BCUT2D eigenvalue weighted by molar-refractivity contribution is -0.0824. The summed E-state index contributed by atoms with van der Waals surface area (Å²) in [5.41, 5.74) is -0.626. The Labute approximate surface area is 261 Å². The fourth-order valence-electron chi connectivity index (χ4n) is 6.64. The van der Waals surface area contributed by atoms with Crippen molar-refractivity contribution in [1.29, 1.82) is 0 Å². The van der Waals surface area contributed by atoms with Gasteiger partial charge in [0.1, 0.15) is 0 Å². The van der Waals surface area contributed by atoms with E-state index in [2.05, 4.69) is 11.9 Å². The van der Waals surface area contributed by atoms with Crippen LogP contribution in [0.2, 0.25) is 0 Å². The van der Waals surface area contributed by atoms with E-state index in [1.54, 1.807) is 0 Å². The molecule has 1 heterocycles. The normalized spacial score (nSPS) is 17.6. The quantitative estimate of drug-likeness (QED) is 0.0786. The Bertz CT molecular complexity index is 1170. The zero-order valence-corrected chi connectivity index (χ0v) is 26.7. The van der Waals surface area contributed by atoms with Gasteiger partial charge in [-0.3, -0.25) is 0 Å². The SMILES string of the molecule is CCCCCOCCCCCc1ccc(-c2cc3c(c(F)n2)C(F)(F)C(CCCCCCCCCC2CC2)CC3)c(F)c1F. The maximum atomic E-state index is 15.5. The van der Waals surface area contributed by atoms with Gasteiger partial charge in [-0.25, -0.2) is 22.5 Å². The molecule has 2 nitrogen and oxygen atoms in total. The molecular weight excluding hydrogens is 569 g/mol. The molecule has 0 bridgehead atoms. The van der Waals surface area contributed by atoms with Crippen LogP contribution in [0, 0.1) is 29.4 Å². The van der Waals surface area contributed by atoms with Gasteiger partial charge in [-0.15, -0.1) is 0 Å². The van der Waals surface area contributed by atoms with E-state index in [1.807, 2.05) is 0 Å². The van der Waals surface area contributed by atoms with Crippen molar-refractivity contribution in [3.8, 4) is 11.3 Å². The highest BCUT2D eigenvalue weighted by Gasteiger charge is 2.47. The first-order valence-electron chi connectivity index (χ1n) is 17.5. The summed E-state index contributed by atoms with van der Waals surface area (Å²) in [6, 6.07) is 4.20. The molecule has 1 fully saturated rings. The molecular formula is C37H52F5NO. The van der Waals surface area contributed by atoms with Crippen LogP contribution in [0.4, 0.5) is 22.0 Å². The standard InChI is InChI=1S/C37H52F5NO/c1-2-3-13-24-44-25-14-9-11-16-28-21-23-31(35(39)34(28)38)32-26-29-20-22-30(37(41,42)33(29)36(40)43-32)17-12-8-6-4-5-7-10-15-27-18-19-27/h21,23,26-27,30H,2-20,22,24-25H2,1H3. The number of unbranched alkanes of at least 4 members (excludes halogenated alkanes) is 10. The molecule has 0 radical (unpaired) electrons. The van der Waals surface area contributed by atoms with Gasteiger partial charge in [0.05, 0.1) is 11.3 Å². The highest BCUT2D eigenvalue weighted by molar-refractivity contribution is 5.62. The van der Waals surface area contributed by atoms with Gasteiger partial charge in [0, 0.05) is 24.7 Å². The first kappa shape index (κ1) is 34.8. The fourth-order valence-corrected chi connectivity index (χ4v) is 6.64. The number of rotatable bonds is 21. The molecule has 0 N–H and O–H groups in total. The van der Waals surface area contributed by atoms with E-state index >= 15 is 17.6 Å². The van der Waals surface area contributed by atoms with Crippen molar-refractivity contribution in [2.75, 3.05) is 13.2 Å². The first-order valence-corrected chi connectivity index (χ1v) is 17.5. The van der Waals surface area contributed by atoms with Crippen molar-refractivity contribution in [2.24, 2.45) is 11.8 Å². The van der Waals surface area contributed by atoms with Gasteiger partial charge in [0.25, 0.3) is 5.92 Å². The molecule has 4 rings (SSSR count). The van der Waals surface area contributed by atoms with Gasteiger partial charge in [0.15, 0.2) is 11.6 Å². The van der Waals surface area contributed by atoms with Gasteiger partial charge >= 0.3 is 0 Å². The van der Waals surface area contributed by atoms with E-state index in [9.17, 15) is 4.39 Å². The number of aromatic nitrogens is 1. The lowest BCUT2D eigenvalue weighted by Gasteiger charge is -2.33. The van der Waals surface area contributed by atoms with E-state index in [1.165, 1.54) is 56.7 Å². The smallest absolute Gasteiger partial charge is 0.280 e. The molecule has 2 aromatic rings. The minimum absolute atomic E-state index is 0.140. The maximum absolute atomic E-state index is 15.5. The average molecular weight is 622 g/mol. The third kappa shape index (κ3) is 9.99. The van der Waals surface area contributed by atoms with Crippen LogP contribution < -0.4 is 0 Å². The van der Waals surface area contributed by atoms with Crippen molar-refractivity contribution < 1.29 is 26.7 Å². The van der Waals surface area contributed by atoms with E-state index in [0.29, 0.717) is 32.3 Å². The summed E-state index contributed by atoms with van der Waals surface area (Å²) in [5.74, 6) is -6.66. The molecule has 1 saturated carbocycles. The number of halogens is 5. The molecule has 0 aliphatic heterocycles. The zero-order valence-electron chi connectivity index (χ0n) is 26.7. The second-order valence-electron chi connectivity index (χ2n) is 13.2. The maximum Gasteiger partial charge on any atom is 0.280 e. The third-order valence-electron chi connectivity index (χ3n) is 9.59. The molecule has 1 atom stereocenters. The number of hydrogen-bond acceptors (Lipinski definition) is 2. The van der Waals surface area contributed by atoms with Crippen LogP contribution in [-0.4, -0.2) is 18.2 Å². The second-order valence-corrected chi connectivity index (χ2v) is 13.2. The summed E-state index contributed by atoms with van der Waals surface area (Å²) in [6.07, 6.45) is 18.7. The van der Waals surface area contributed by atoms with Crippen molar-refractivity contribution in [3.05, 3.63) is 52.5 Å². The predicted octanol–water partition coefficient (Wildman–Crippen LogP) is 11.7. The molecule has 0 spiro atoms. The Kier molecular flexibility index (Phi) is 14.0. The van der Waals surface area contributed by atoms with E-state index < -0.39 is 35.0 Å². The predicted molar refractivity (Wildman–Crippen MR) is 167 cm³/mol. The first-order chi connectivity index (χ1) is 21.3. The van der Waals surface area contributed by atoms with Crippen molar-refractivity contribution >= 4 is 0 Å². The number of fused-ring (bicyclic) bond motifs is 1. The summed E-state index contributed by atoms with van der Waals surface area (Å²) in [7, 11) is 0. The Balaban J connectivity index is 1.26. The number of pyridine rings is 1. The summed E-state index contributed by atoms with van der Waals surface area (Å²) < 4.78 is 81.8. The molecule has 0 saturated heterocycles. The van der Waals surface area contributed by atoms with Gasteiger partial charge in [0.2, 0.25) is 5.95 Å². The van der Waals surface area contributed by atoms with Crippen LogP contribution in [0.15, 0.2) is 18.2 Å². The minimum Gasteiger partial charge on any atom is -0.381 e. The van der Waals surface area contributed by atoms with Crippen LogP contribution in [0.25, 0.3) is 11.3 Å². The van der Waals surface area contributed by atoms with Crippen LogP contribution in [0.1, 0.15) is 139 Å². The molecule has 0 amide bonds. The van der Waals surface area contributed by atoms with Crippen molar-refractivity contribution in [2.45, 2.75) is 141 Å². The average Bonchev–Trinajstić information content (AvgIpc) is 3.82. The van der Waals surface area contributed by atoms with Gasteiger partial charge in [-0.2, -0.15) is 4.39 Å². The number of hydrogen-bond donors (Lipinski definition) is 0. The van der Waals surface area contributed by atoms with E-state index in [0.717, 1.165) is 63.9 Å². The highest BCUT2D eigenvalue weighted by atomic mass is 19.3. The number of alkyl halides is 2. The summed E-state index contributed by atoms with van der Waals surface area (Å²) >= 11 is 0. The fraction of sp³-hybridized carbons (Fsp3) is 0.703. The third-order valence-corrected chi connectivity index (χ3v) is 9.59. The van der Waals surface area contributed by atoms with E-state index in [-0.39, 0.29) is 35.2 Å². The molecule has 2 aliphatic carbocycles. The minimum atomic E-state index is -3.33. The summed E-state index contributed by atoms with van der Waals surface area (Å²) in [6.45, 7) is 3.56. The van der Waals surface area contributed by atoms with Gasteiger partial charge in [-0.1, -0.05) is 96.5 Å². The number of nitrogens with zero attached hydrogens (tertiary/aromatic N) is 1. The number of benzene rings is 1. The van der Waals surface area contributed by atoms with Crippen LogP contribution >= 0.6 is 0 Å². The summed E-state index contributed by atoms with van der Waals surface area (Å²) in [4.78, 5) is 3.73. The topological polar surface area (TPSA) is 22.1 Å². The van der Waals surface area contributed by atoms with Crippen molar-refractivity contribution in [1.82, 2.24) is 4.98 Å². The number of ether oxygens (including phenoxy) is 1. The lowest BCUT2D eigenvalue weighted by atomic mass is 9.78. The summed E-state index contributed by atoms with van der Waals surface area (Å²) in [5, 5.41) is 0. The molecule has 1 aromatic heterocycles. The van der Waals surface area contributed by atoms with Gasteiger partial charge in [-0.05, 0) is 74.1 Å². The molecule has 7 heteroatoms. The molecule has 2 aliphatic rings. The van der Waals surface area contributed by atoms with Gasteiger partial charge < -0.3 is 4.74 Å². The lowest BCUT2D eigenvalue weighted by Crippen LogP contribution is -2.33. The monoisotopic (exact) mass is 621 g/mol. The Morgan fingerprint density at radius 1 is 0.773 bits per heavy atom. The largest absolute Gasteiger partial charge is 0.381 e. The van der Waals surface area contributed by atoms with Crippen molar-refractivity contribution in [3.63, 3.8) is 0 Å². The Hall–Kier alpha value is -2.02. The zero-order chi connectivity index (χ0) is 31.4. The molecule has 44 heavy (non-hydrogen) atoms. The van der Waals surface area contributed by atoms with Crippen LogP contribution in [0.5, 0.6) is 0 Å². The van der Waals surface area contributed by atoms with E-state index in [4.69, 9.17) is 4.74 Å². The molecule has 246 valence electrons. The molecule has 1 aromatic carbocycles. The highest BCUT2D eigenvalue weighted by Crippen LogP contribution is 2.48. The Morgan fingerprint density at radius 3 is 2.14 bits per heavy atom. The molecule has 1 unspecified atom stereocenters. The van der Waals surface area contributed by atoms with Crippen LogP contribution in [-0.2, 0) is 23.5 Å². The van der Waals surface area contributed by atoms with Crippen LogP contribution in [0.3, 0.4) is 0 Å².